The molecule has 0 radical (unpaired) electrons. The van der Waals surface area contributed by atoms with E-state index in [-0.39, 0.29) is 0 Å². The second-order valence-electron chi connectivity index (χ2n) is 10.2. The largest absolute Gasteiger partial charge is 0.279 e. The van der Waals surface area contributed by atoms with Gasteiger partial charge in [0, 0.05) is 22.5 Å². The molecule has 6 aromatic carbocycles. The van der Waals surface area contributed by atoms with Gasteiger partial charge in [0.05, 0.1) is 0 Å². The fraction of sp³-hybridized carbons (Fsp3) is 0. The number of hydrogen-bond donors (Lipinski definition) is 0. The van der Waals surface area contributed by atoms with Crippen LogP contribution in [0.3, 0.4) is 0 Å². The van der Waals surface area contributed by atoms with Crippen LogP contribution in [0.1, 0.15) is 0 Å². The molecule has 4 nitrogen and oxygen atoms in total. The van der Waals surface area contributed by atoms with Gasteiger partial charge in [-0.2, -0.15) is 9.97 Å². The summed E-state index contributed by atoms with van der Waals surface area (Å²) in [5, 5.41) is 0. The highest BCUT2D eigenvalue weighted by atomic mass is 15.3. The Bertz CT molecular complexity index is 1820. The van der Waals surface area contributed by atoms with Gasteiger partial charge in [-0.1, -0.05) is 133 Å². The van der Waals surface area contributed by atoms with E-state index in [4.69, 9.17) is 15.0 Å². The lowest BCUT2D eigenvalue weighted by molar-refractivity contribution is 1.02. The minimum absolute atomic E-state index is 0.549. The van der Waals surface area contributed by atoms with Crippen LogP contribution in [0, 0.1) is 0 Å². The molecule has 0 atom stereocenters. The molecule has 0 aliphatic rings. The normalized spacial score (nSPS) is 10.8. The Morgan fingerprint density at radius 2 is 0.651 bits per heavy atom. The number of benzene rings is 6. The van der Waals surface area contributed by atoms with Gasteiger partial charge in [0.25, 0.3) is 0 Å². The Labute approximate surface area is 251 Å². The minimum atomic E-state index is 0.549. The van der Waals surface area contributed by atoms with E-state index in [1.54, 1.807) is 0 Å². The van der Waals surface area contributed by atoms with Gasteiger partial charge in [-0.25, -0.2) is 4.98 Å². The summed E-state index contributed by atoms with van der Waals surface area (Å²) in [6.45, 7) is 0. The third-order valence-corrected chi connectivity index (χ3v) is 7.31. The lowest BCUT2D eigenvalue weighted by Gasteiger charge is -2.24. The van der Waals surface area contributed by atoms with E-state index < -0.39 is 0 Å². The summed E-state index contributed by atoms with van der Waals surface area (Å²) < 4.78 is 0. The third-order valence-electron chi connectivity index (χ3n) is 7.31. The van der Waals surface area contributed by atoms with Crippen molar-refractivity contribution in [3.63, 3.8) is 0 Å². The monoisotopic (exact) mass is 552 g/mol. The van der Waals surface area contributed by atoms with Gasteiger partial charge in [-0.05, 0) is 58.7 Å². The molecule has 1 heterocycles. The second kappa shape index (κ2) is 11.9. The zero-order valence-electron chi connectivity index (χ0n) is 23.5. The Balaban J connectivity index is 1.43. The number of nitrogens with zero attached hydrogens (tertiary/aromatic N) is 4. The minimum Gasteiger partial charge on any atom is -0.279 e. The van der Waals surface area contributed by atoms with E-state index in [0.29, 0.717) is 17.6 Å². The average Bonchev–Trinajstić information content (AvgIpc) is 3.10. The zero-order chi connectivity index (χ0) is 28.8. The van der Waals surface area contributed by atoms with Crippen LogP contribution < -0.4 is 4.90 Å². The topological polar surface area (TPSA) is 41.9 Å². The maximum absolute atomic E-state index is 5.10. The summed E-state index contributed by atoms with van der Waals surface area (Å²) in [7, 11) is 0. The number of aromatic nitrogens is 3. The molecule has 7 rings (SSSR count). The van der Waals surface area contributed by atoms with Crippen molar-refractivity contribution in [2.75, 3.05) is 4.90 Å². The van der Waals surface area contributed by atoms with E-state index in [9.17, 15) is 0 Å². The molecule has 0 bridgehead atoms. The van der Waals surface area contributed by atoms with Crippen LogP contribution in [0.25, 0.3) is 45.0 Å². The van der Waals surface area contributed by atoms with Gasteiger partial charge in [0.2, 0.25) is 5.95 Å². The molecular weight excluding hydrogens is 524 g/mol. The predicted molar refractivity (Wildman–Crippen MR) is 176 cm³/mol. The van der Waals surface area contributed by atoms with Crippen molar-refractivity contribution >= 4 is 17.3 Å². The predicted octanol–water partition coefficient (Wildman–Crippen LogP) is 10.0. The lowest BCUT2D eigenvalue weighted by atomic mass is 10.0. The van der Waals surface area contributed by atoms with Gasteiger partial charge in [0.1, 0.15) is 0 Å². The molecule has 0 unspecified atom stereocenters. The van der Waals surface area contributed by atoms with Crippen LogP contribution in [-0.2, 0) is 0 Å². The lowest BCUT2D eigenvalue weighted by Crippen LogP contribution is -2.15. The van der Waals surface area contributed by atoms with Crippen LogP contribution in [0.5, 0.6) is 0 Å². The molecule has 1 aromatic heterocycles. The molecule has 7 aromatic rings. The van der Waals surface area contributed by atoms with Crippen molar-refractivity contribution in [3.8, 4) is 45.0 Å². The Kier molecular flexibility index (Phi) is 7.23. The fourth-order valence-electron chi connectivity index (χ4n) is 5.19. The molecule has 0 spiro atoms. The van der Waals surface area contributed by atoms with Crippen LogP contribution in [0.2, 0.25) is 0 Å². The number of rotatable bonds is 7. The Morgan fingerprint density at radius 3 is 1.07 bits per heavy atom. The average molecular weight is 553 g/mol. The number of anilines is 3. The third kappa shape index (κ3) is 5.67. The van der Waals surface area contributed by atoms with E-state index in [2.05, 4.69) is 126 Å². The van der Waals surface area contributed by atoms with Gasteiger partial charge in [-0.15, -0.1) is 0 Å². The first kappa shape index (κ1) is 26.1. The van der Waals surface area contributed by atoms with Gasteiger partial charge in [0.15, 0.2) is 11.6 Å². The zero-order valence-corrected chi connectivity index (χ0v) is 23.5. The number of hydrogen-bond acceptors (Lipinski definition) is 4. The standard InChI is InChI=1S/C39H28N4/c1-5-15-29(16-6-1)31-19-13-21-33(27-31)37-40-38(34-22-14-20-32(28-34)30-17-7-2-8-18-30)42-39(41-37)43(35-23-9-3-10-24-35)36-25-11-4-12-26-36/h1-28H. The van der Waals surface area contributed by atoms with E-state index >= 15 is 0 Å². The first-order valence-electron chi connectivity index (χ1n) is 14.3. The van der Waals surface area contributed by atoms with Crippen molar-refractivity contribution in [1.29, 1.82) is 0 Å². The van der Waals surface area contributed by atoms with Gasteiger partial charge < -0.3 is 0 Å². The second-order valence-corrected chi connectivity index (χ2v) is 10.2. The van der Waals surface area contributed by atoms with E-state index in [1.165, 1.54) is 0 Å². The molecule has 0 fully saturated rings. The maximum atomic E-state index is 5.10. The Morgan fingerprint density at radius 1 is 0.302 bits per heavy atom. The van der Waals surface area contributed by atoms with Crippen LogP contribution >= 0.6 is 0 Å². The summed E-state index contributed by atoms with van der Waals surface area (Å²) >= 11 is 0. The smallest absolute Gasteiger partial charge is 0.238 e. The highest BCUT2D eigenvalue weighted by molar-refractivity contribution is 5.77. The quantitative estimate of drug-likeness (QED) is 0.197. The van der Waals surface area contributed by atoms with Crippen molar-refractivity contribution < 1.29 is 0 Å². The highest BCUT2D eigenvalue weighted by Gasteiger charge is 2.19. The fourth-order valence-corrected chi connectivity index (χ4v) is 5.19. The van der Waals surface area contributed by atoms with Gasteiger partial charge in [-0.3, -0.25) is 4.90 Å². The number of para-hydroxylation sites is 2. The molecule has 4 heteroatoms. The van der Waals surface area contributed by atoms with Gasteiger partial charge >= 0.3 is 0 Å². The van der Waals surface area contributed by atoms with E-state index in [0.717, 1.165) is 44.8 Å². The first-order chi connectivity index (χ1) is 21.3. The molecule has 0 amide bonds. The summed E-state index contributed by atoms with van der Waals surface area (Å²) in [5.74, 6) is 1.77. The van der Waals surface area contributed by atoms with Crippen LogP contribution in [0.4, 0.5) is 17.3 Å². The Hall–Kier alpha value is -5.87. The SMILES string of the molecule is c1ccc(-c2cccc(-c3nc(-c4cccc(-c5ccccc5)c4)nc(N(c4ccccc4)c4ccccc4)n3)c2)cc1. The molecule has 0 saturated heterocycles. The molecule has 0 N–H and O–H groups in total. The van der Waals surface area contributed by atoms with Crippen molar-refractivity contribution in [2.45, 2.75) is 0 Å². The summed E-state index contributed by atoms with van der Waals surface area (Å²) in [4.78, 5) is 17.3. The van der Waals surface area contributed by atoms with Crippen LogP contribution in [0.15, 0.2) is 170 Å². The summed E-state index contributed by atoms with van der Waals surface area (Å²) in [6, 6.07) is 57.9. The molecule has 43 heavy (non-hydrogen) atoms. The molecule has 0 saturated carbocycles. The summed E-state index contributed by atoms with van der Waals surface area (Å²) in [5.41, 5.74) is 8.28. The van der Waals surface area contributed by atoms with Crippen molar-refractivity contribution in [2.24, 2.45) is 0 Å². The highest BCUT2D eigenvalue weighted by Crippen LogP contribution is 2.35. The summed E-state index contributed by atoms with van der Waals surface area (Å²) in [6.07, 6.45) is 0. The first-order valence-corrected chi connectivity index (χ1v) is 14.3. The van der Waals surface area contributed by atoms with Crippen molar-refractivity contribution in [1.82, 2.24) is 15.0 Å². The molecular formula is C39H28N4. The molecule has 0 aliphatic carbocycles. The maximum Gasteiger partial charge on any atom is 0.238 e. The molecule has 204 valence electrons. The molecule has 0 aliphatic heterocycles. The van der Waals surface area contributed by atoms with Crippen molar-refractivity contribution in [3.05, 3.63) is 170 Å². The van der Waals surface area contributed by atoms with E-state index in [1.807, 2.05) is 48.5 Å². The van der Waals surface area contributed by atoms with Crippen LogP contribution in [-0.4, -0.2) is 15.0 Å².